The standard InChI is InChI=1S/C7H12O2/c1-5(2)8-4-7-6(3)9-7/h6-7H,1,4H2,2-3H3. The second kappa shape index (κ2) is 2.40. The summed E-state index contributed by atoms with van der Waals surface area (Å²) in [6, 6.07) is 0. The molecule has 0 aromatic rings. The van der Waals surface area contributed by atoms with E-state index in [1.807, 2.05) is 13.8 Å². The average Bonchev–Trinajstić information content (AvgIpc) is 2.42. The Morgan fingerprint density at radius 3 is 2.67 bits per heavy atom. The van der Waals surface area contributed by atoms with Crippen LogP contribution in [0.15, 0.2) is 12.3 Å². The van der Waals surface area contributed by atoms with Crippen LogP contribution in [-0.2, 0) is 9.47 Å². The van der Waals surface area contributed by atoms with Gasteiger partial charge in [0.15, 0.2) is 0 Å². The highest BCUT2D eigenvalue weighted by Gasteiger charge is 2.34. The maximum Gasteiger partial charge on any atom is 0.118 e. The molecule has 0 bridgehead atoms. The van der Waals surface area contributed by atoms with Crippen LogP contribution in [0.2, 0.25) is 0 Å². The predicted molar refractivity (Wildman–Crippen MR) is 35.1 cm³/mol. The molecule has 0 N–H and O–H groups in total. The monoisotopic (exact) mass is 128 g/mol. The second-order valence-electron chi connectivity index (χ2n) is 2.39. The van der Waals surface area contributed by atoms with E-state index in [0.717, 1.165) is 5.76 Å². The molecule has 0 aromatic carbocycles. The molecule has 0 amide bonds. The van der Waals surface area contributed by atoms with Crippen LogP contribution in [0.5, 0.6) is 0 Å². The van der Waals surface area contributed by atoms with Crippen molar-refractivity contribution < 1.29 is 9.47 Å². The molecule has 0 radical (unpaired) electrons. The van der Waals surface area contributed by atoms with Gasteiger partial charge in [-0.2, -0.15) is 0 Å². The highest BCUT2D eigenvalue weighted by molar-refractivity contribution is 4.83. The zero-order valence-electron chi connectivity index (χ0n) is 5.89. The first-order valence-electron chi connectivity index (χ1n) is 3.14. The summed E-state index contributed by atoms with van der Waals surface area (Å²) in [5, 5.41) is 0. The summed E-state index contributed by atoms with van der Waals surface area (Å²) in [5.74, 6) is 0.762. The minimum absolute atomic E-state index is 0.321. The van der Waals surface area contributed by atoms with Crippen LogP contribution in [-0.4, -0.2) is 18.8 Å². The van der Waals surface area contributed by atoms with Gasteiger partial charge in [-0.3, -0.25) is 0 Å². The maximum absolute atomic E-state index is 5.12. The Labute approximate surface area is 55.5 Å². The van der Waals surface area contributed by atoms with E-state index in [1.54, 1.807) is 0 Å². The molecular formula is C7H12O2. The van der Waals surface area contributed by atoms with E-state index in [4.69, 9.17) is 9.47 Å². The summed E-state index contributed by atoms with van der Waals surface area (Å²) in [6.07, 6.45) is 0.714. The number of hydrogen-bond donors (Lipinski definition) is 0. The SMILES string of the molecule is C=C(C)OCC1OC1C. The number of epoxide rings is 1. The fraction of sp³-hybridized carbons (Fsp3) is 0.714. The van der Waals surface area contributed by atoms with Crippen molar-refractivity contribution in [3.63, 3.8) is 0 Å². The van der Waals surface area contributed by atoms with E-state index in [9.17, 15) is 0 Å². The summed E-state index contributed by atoms with van der Waals surface area (Å²) in [5.41, 5.74) is 0. The van der Waals surface area contributed by atoms with Gasteiger partial charge in [0.25, 0.3) is 0 Å². The smallest absolute Gasteiger partial charge is 0.118 e. The molecule has 0 aliphatic carbocycles. The first-order chi connectivity index (χ1) is 4.20. The van der Waals surface area contributed by atoms with Gasteiger partial charge in [-0.05, 0) is 13.8 Å². The second-order valence-corrected chi connectivity index (χ2v) is 2.39. The van der Waals surface area contributed by atoms with Crippen molar-refractivity contribution in [2.24, 2.45) is 0 Å². The molecule has 0 spiro atoms. The first kappa shape index (κ1) is 6.62. The molecule has 2 atom stereocenters. The molecule has 52 valence electrons. The van der Waals surface area contributed by atoms with Gasteiger partial charge in [-0.1, -0.05) is 6.58 Å². The van der Waals surface area contributed by atoms with Gasteiger partial charge in [0.2, 0.25) is 0 Å². The van der Waals surface area contributed by atoms with Crippen LogP contribution in [0.1, 0.15) is 13.8 Å². The normalized spacial score (nSPS) is 31.8. The molecule has 2 heteroatoms. The minimum atomic E-state index is 0.321. The zero-order chi connectivity index (χ0) is 6.85. The van der Waals surface area contributed by atoms with Crippen molar-refractivity contribution in [3.8, 4) is 0 Å². The molecular weight excluding hydrogens is 116 g/mol. The Balaban J connectivity index is 2.00. The van der Waals surface area contributed by atoms with Gasteiger partial charge in [-0.15, -0.1) is 0 Å². The molecule has 2 nitrogen and oxygen atoms in total. The topological polar surface area (TPSA) is 21.8 Å². The Bertz CT molecular complexity index is 120. The molecule has 1 aliphatic rings. The predicted octanol–water partition coefficient (Wildman–Crippen LogP) is 1.32. The highest BCUT2D eigenvalue weighted by atomic mass is 16.6. The zero-order valence-corrected chi connectivity index (χ0v) is 5.89. The Morgan fingerprint density at radius 1 is 1.78 bits per heavy atom. The van der Waals surface area contributed by atoms with Gasteiger partial charge in [0, 0.05) is 0 Å². The molecule has 1 heterocycles. The molecule has 2 unspecified atom stereocenters. The maximum atomic E-state index is 5.12. The van der Waals surface area contributed by atoms with Crippen molar-refractivity contribution in [3.05, 3.63) is 12.3 Å². The van der Waals surface area contributed by atoms with Crippen LogP contribution in [0, 0.1) is 0 Å². The summed E-state index contributed by atoms with van der Waals surface area (Å²) in [4.78, 5) is 0. The molecule has 9 heavy (non-hydrogen) atoms. The fourth-order valence-electron chi connectivity index (χ4n) is 0.630. The van der Waals surface area contributed by atoms with Crippen molar-refractivity contribution in [2.45, 2.75) is 26.1 Å². The van der Waals surface area contributed by atoms with E-state index in [0.29, 0.717) is 18.8 Å². The summed E-state index contributed by atoms with van der Waals surface area (Å²) in [6.45, 7) is 8.14. The van der Waals surface area contributed by atoms with Gasteiger partial charge in [0.05, 0.1) is 11.9 Å². The number of rotatable bonds is 3. The summed E-state index contributed by atoms with van der Waals surface area (Å²) in [7, 11) is 0. The van der Waals surface area contributed by atoms with Gasteiger partial charge in [-0.25, -0.2) is 0 Å². The minimum Gasteiger partial charge on any atom is -0.496 e. The third kappa shape index (κ3) is 2.06. The van der Waals surface area contributed by atoms with Gasteiger partial charge < -0.3 is 9.47 Å². The van der Waals surface area contributed by atoms with Crippen molar-refractivity contribution in [1.29, 1.82) is 0 Å². The Hall–Kier alpha value is -0.500. The Morgan fingerprint density at radius 2 is 2.33 bits per heavy atom. The van der Waals surface area contributed by atoms with Crippen LogP contribution >= 0.6 is 0 Å². The van der Waals surface area contributed by atoms with Crippen LogP contribution in [0.4, 0.5) is 0 Å². The van der Waals surface area contributed by atoms with E-state index < -0.39 is 0 Å². The van der Waals surface area contributed by atoms with Gasteiger partial charge >= 0.3 is 0 Å². The third-order valence-corrected chi connectivity index (χ3v) is 1.33. The molecule has 1 saturated heterocycles. The van der Waals surface area contributed by atoms with Gasteiger partial charge in [0.1, 0.15) is 12.7 Å². The summed E-state index contributed by atoms with van der Waals surface area (Å²) >= 11 is 0. The molecule has 1 rings (SSSR count). The van der Waals surface area contributed by atoms with Crippen molar-refractivity contribution in [2.75, 3.05) is 6.61 Å². The number of hydrogen-bond acceptors (Lipinski definition) is 2. The molecule has 0 saturated carbocycles. The lowest BCUT2D eigenvalue weighted by molar-refractivity contribution is 0.185. The largest absolute Gasteiger partial charge is 0.496 e. The summed E-state index contributed by atoms with van der Waals surface area (Å²) < 4.78 is 10.2. The lowest BCUT2D eigenvalue weighted by atomic mass is 10.4. The van der Waals surface area contributed by atoms with Crippen LogP contribution in [0.25, 0.3) is 0 Å². The van der Waals surface area contributed by atoms with E-state index in [2.05, 4.69) is 6.58 Å². The highest BCUT2D eigenvalue weighted by Crippen LogP contribution is 2.21. The number of ether oxygens (including phenoxy) is 2. The lowest BCUT2D eigenvalue weighted by Crippen LogP contribution is -2.00. The Kier molecular flexibility index (Phi) is 1.76. The molecule has 1 fully saturated rings. The van der Waals surface area contributed by atoms with E-state index >= 15 is 0 Å². The van der Waals surface area contributed by atoms with Crippen molar-refractivity contribution in [1.82, 2.24) is 0 Å². The van der Waals surface area contributed by atoms with E-state index in [1.165, 1.54) is 0 Å². The van der Waals surface area contributed by atoms with Crippen molar-refractivity contribution >= 4 is 0 Å². The number of allylic oxidation sites excluding steroid dienone is 1. The average molecular weight is 128 g/mol. The first-order valence-corrected chi connectivity index (χ1v) is 3.14. The third-order valence-electron chi connectivity index (χ3n) is 1.33. The van der Waals surface area contributed by atoms with Crippen LogP contribution < -0.4 is 0 Å². The van der Waals surface area contributed by atoms with Crippen LogP contribution in [0.3, 0.4) is 0 Å². The quantitative estimate of drug-likeness (QED) is 0.422. The van der Waals surface area contributed by atoms with E-state index in [-0.39, 0.29) is 0 Å². The fourth-order valence-corrected chi connectivity index (χ4v) is 0.630. The molecule has 1 aliphatic heterocycles. The molecule has 0 aromatic heterocycles. The lowest BCUT2D eigenvalue weighted by Gasteiger charge is -1.99.